The van der Waals surface area contributed by atoms with E-state index in [0.29, 0.717) is 5.56 Å². The third-order valence-electron chi connectivity index (χ3n) is 7.84. The number of benzene rings is 6. The van der Waals surface area contributed by atoms with Gasteiger partial charge < -0.3 is 0 Å². The highest BCUT2D eigenvalue weighted by Gasteiger charge is 2.43. The van der Waals surface area contributed by atoms with Crippen molar-refractivity contribution in [3.63, 3.8) is 0 Å². The molecule has 7 rings (SSSR count). The zero-order valence-electron chi connectivity index (χ0n) is 21.8. The predicted octanol–water partition coefficient (Wildman–Crippen LogP) is 6.97. The smallest absolute Gasteiger partial charge is 0.181 e. The minimum absolute atomic E-state index is 0.674. The maximum atomic E-state index is 9.56. The first-order chi connectivity index (χ1) is 19.8. The molecular weight excluding hydrogens is 519 g/mol. The Kier molecular flexibility index (Phi) is 6.13. The maximum absolute atomic E-state index is 9.56. The fraction of sp³-hybridized carbons (Fsp3) is 0. The van der Waals surface area contributed by atoms with Gasteiger partial charge in [0.2, 0.25) is 0 Å². The van der Waals surface area contributed by atoms with E-state index in [1.54, 1.807) is 0 Å². The second-order valence-corrected chi connectivity index (χ2v) is 14.9. The Labute approximate surface area is 239 Å². The van der Waals surface area contributed by atoms with Crippen LogP contribution in [0.1, 0.15) is 5.56 Å². The molecule has 0 amide bonds. The first-order valence-electron chi connectivity index (χ1n) is 13.4. The lowest BCUT2D eigenvalue weighted by molar-refractivity contribution is 1.48. The van der Waals surface area contributed by atoms with Gasteiger partial charge in [-0.2, -0.15) is 5.26 Å². The zero-order chi connectivity index (χ0) is 26.9. The molecule has 0 saturated carbocycles. The van der Waals surface area contributed by atoms with Crippen LogP contribution in [-0.2, 0) is 0 Å². The van der Waals surface area contributed by atoms with Crippen LogP contribution < -0.4 is 20.7 Å². The molecule has 0 fully saturated rings. The van der Waals surface area contributed by atoms with Gasteiger partial charge in [0.15, 0.2) is 8.07 Å². The molecule has 188 valence electrons. The van der Waals surface area contributed by atoms with Gasteiger partial charge in [0, 0.05) is 20.2 Å². The van der Waals surface area contributed by atoms with Gasteiger partial charge in [-0.3, -0.25) is 0 Å². The molecular formula is C37H25NSSi. The highest BCUT2D eigenvalue weighted by molar-refractivity contribution is 7.30. The van der Waals surface area contributed by atoms with E-state index < -0.39 is 8.07 Å². The molecule has 1 aromatic heterocycles. The van der Waals surface area contributed by atoms with Gasteiger partial charge in [-0.05, 0) is 50.1 Å². The lowest BCUT2D eigenvalue weighted by Crippen LogP contribution is -2.74. The molecule has 3 heteroatoms. The molecule has 0 radical (unpaired) electrons. The fourth-order valence-electron chi connectivity index (χ4n) is 6.09. The number of fused-ring (bicyclic) bond motifs is 3. The second-order valence-electron chi connectivity index (χ2n) is 10.0. The fourth-order valence-corrected chi connectivity index (χ4v) is 12.7. The Bertz CT molecular complexity index is 1980. The summed E-state index contributed by atoms with van der Waals surface area (Å²) in [5.74, 6) is 0. The molecule has 1 heterocycles. The first kappa shape index (κ1) is 24.3. The Morgan fingerprint density at radius 1 is 0.500 bits per heavy atom. The van der Waals surface area contributed by atoms with E-state index in [9.17, 15) is 5.26 Å². The molecule has 0 aliphatic rings. The van der Waals surface area contributed by atoms with Gasteiger partial charge in [-0.1, -0.05) is 133 Å². The maximum Gasteiger partial charge on any atom is 0.181 e. The summed E-state index contributed by atoms with van der Waals surface area (Å²) < 4.78 is 2.68. The number of nitrogens with zero attached hydrogens (tertiary/aromatic N) is 1. The molecule has 0 unspecified atom stereocenters. The summed E-state index contributed by atoms with van der Waals surface area (Å²) in [5, 5.41) is 17.6. The molecule has 40 heavy (non-hydrogen) atoms. The number of hydrogen-bond donors (Lipinski definition) is 0. The molecule has 6 aromatic carbocycles. The third-order valence-corrected chi connectivity index (χ3v) is 14.0. The van der Waals surface area contributed by atoms with Crippen molar-refractivity contribution in [1.82, 2.24) is 0 Å². The van der Waals surface area contributed by atoms with E-state index in [1.165, 1.54) is 40.9 Å². The van der Waals surface area contributed by atoms with Gasteiger partial charge >= 0.3 is 0 Å². The number of hydrogen-bond acceptors (Lipinski definition) is 2. The number of rotatable bonds is 5. The van der Waals surface area contributed by atoms with Crippen LogP contribution in [0, 0.1) is 11.3 Å². The molecule has 1 nitrogen and oxygen atoms in total. The lowest BCUT2D eigenvalue weighted by Gasteiger charge is -2.35. The zero-order valence-corrected chi connectivity index (χ0v) is 23.6. The van der Waals surface area contributed by atoms with Gasteiger partial charge in [-0.15, -0.1) is 11.3 Å². The SMILES string of the molecule is N#Cc1cccc(-c2cccc([Si](c3ccccc3)(c3ccccc3)c3cccc4c3sc3ccccc34)c2)c1. The Balaban J connectivity index is 1.62. The number of nitriles is 1. The molecule has 0 saturated heterocycles. The molecule has 0 aliphatic heterocycles. The summed E-state index contributed by atoms with van der Waals surface area (Å²) in [4.78, 5) is 0. The summed E-state index contributed by atoms with van der Waals surface area (Å²) in [5.41, 5.74) is 2.86. The molecule has 0 atom stereocenters. The topological polar surface area (TPSA) is 23.8 Å². The van der Waals surface area contributed by atoms with Crippen molar-refractivity contribution in [3.8, 4) is 17.2 Å². The van der Waals surface area contributed by atoms with Crippen LogP contribution in [0.25, 0.3) is 31.3 Å². The normalized spacial score (nSPS) is 11.5. The quantitative estimate of drug-likeness (QED) is 0.170. The van der Waals surface area contributed by atoms with Crippen LogP contribution in [0.15, 0.2) is 152 Å². The van der Waals surface area contributed by atoms with Crippen LogP contribution in [-0.4, -0.2) is 8.07 Å². The summed E-state index contributed by atoms with van der Waals surface area (Å²) in [7, 11) is -2.77. The molecule has 0 N–H and O–H groups in total. The average Bonchev–Trinajstić information content (AvgIpc) is 3.42. The minimum atomic E-state index is -2.77. The van der Waals surface area contributed by atoms with Crippen LogP contribution >= 0.6 is 11.3 Å². The van der Waals surface area contributed by atoms with Crippen molar-refractivity contribution in [2.24, 2.45) is 0 Å². The highest BCUT2D eigenvalue weighted by Crippen LogP contribution is 2.34. The third kappa shape index (κ3) is 3.89. The van der Waals surface area contributed by atoms with Crippen LogP contribution in [0.2, 0.25) is 0 Å². The number of thiophene rings is 1. The minimum Gasteiger partial charge on any atom is -0.192 e. The van der Waals surface area contributed by atoms with Crippen molar-refractivity contribution in [2.75, 3.05) is 0 Å². The molecule has 7 aromatic rings. The Hall–Kier alpha value is -4.75. The van der Waals surface area contributed by atoms with Crippen LogP contribution in [0.5, 0.6) is 0 Å². The van der Waals surface area contributed by atoms with E-state index in [-0.39, 0.29) is 0 Å². The van der Waals surface area contributed by atoms with E-state index in [0.717, 1.165) is 11.1 Å². The lowest BCUT2D eigenvalue weighted by atomic mass is 10.0. The first-order valence-corrected chi connectivity index (χ1v) is 16.2. The Morgan fingerprint density at radius 2 is 1.07 bits per heavy atom. The van der Waals surface area contributed by atoms with Crippen molar-refractivity contribution < 1.29 is 0 Å². The van der Waals surface area contributed by atoms with Crippen molar-refractivity contribution in [2.45, 2.75) is 0 Å². The molecule has 0 spiro atoms. The van der Waals surface area contributed by atoms with E-state index in [2.05, 4.69) is 140 Å². The van der Waals surface area contributed by atoms with Crippen LogP contribution in [0.4, 0.5) is 0 Å². The standard InChI is InChI=1S/C37H25NSSi/c38-26-27-12-9-13-28(24-27)29-14-10-19-32(25-29)40(30-15-3-1-4-16-30,31-17-5-2-6-18-31)36-23-11-21-34-33-20-7-8-22-35(33)39-37(34)36/h1-25H. The van der Waals surface area contributed by atoms with Crippen molar-refractivity contribution in [1.29, 1.82) is 5.26 Å². The molecule has 0 aliphatic carbocycles. The van der Waals surface area contributed by atoms with E-state index >= 15 is 0 Å². The van der Waals surface area contributed by atoms with E-state index in [1.807, 2.05) is 29.5 Å². The monoisotopic (exact) mass is 543 g/mol. The van der Waals surface area contributed by atoms with Gasteiger partial charge in [0.05, 0.1) is 11.6 Å². The van der Waals surface area contributed by atoms with Gasteiger partial charge in [0.25, 0.3) is 0 Å². The highest BCUT2D eigenvalue weighted by atomic mass is 32.1. The summed E-state index contributed by atoms with van der Waals surface area (Å²) >= 11 is 1.90. The Morgan fingerprint density at radius 3 is 1.80 bits per heavy atom. The van der Waals surface area contributed by atoms with Crippen LogP contribution in [0.3, 0.4) is 0 Å². The second kappa shape index (κ2) is 10.1. The predicted molar refractivity (Wildman–Crippen MR) is 173 cm³/mol. The van der Waals surface area contributed by atoms with Crippen molar-refractivity contribution in [3.05, 3.63) is 157 Å². The summed E-state index contributed by atoms with van der Waals surface area (Å²) in [6.07, 6.45) is 0. The average molecular weight is 544 g/mol. The largest absolute Gasteiger partial charge is 0.192 e. The summed E-state index contributed by atoms with van der Waals surface area (Å²) in [6, 6.07) is 57.0. The van der Waals surface area contributed by atoms with Gasteiger partial charge in [0.1, 0.15) is 0 Å². The molecule has 0 bridgehead atoms. The van der Waals surface area contributed by atoms with E-state index in [4.69, 9.17) is 0 Å². The summed E-state index contributed by atoms with van der Waals surface area (Å²) in [6.45, 7) is 0. The van der Waals surface area contributed by atoms with Gasteiger partial charge in [-0.25, -0.2) is 0 Å². The van der Waals surface area contributed by atoms with Crippen molar-refractivity contribution >= 4 is 60.3 Å².